The van der Waals surface area contributed by atoms with E-state index in [0.717, 1.165) is 57.5 Å². The van der Waals surface area contributed by atoms with E-state index in [0.29, 0.717) is 34.7 Å². The smallest absolute Gasteiger partial charge is 0.233 e. The maximum Gasteiger partial charge on any atom is 0.233 e. The topological polar surface area (TPSA) is 78.4 Å². The van der Waals surface area contributed by atoms with Gasteiger partial charge in [-0.05, 0) is 57.0 Å². The summed E-state index contributed by atoms with van der Waals surface area (Å²) < 4.78 is 5.25. The molecule has 0 spiro atoms. The van der Waals surface area contributed by atoms with E-state index in [4.69, 9.17) is 31.3 Å². The van der Waals surface area contributed by atoms with Crippen molar-refractivity contribution in [2.45, 2.75) is 45.6 Å². The Labute approximate surface area is 190 Å². The number of ether oxygens (including phenoxy) is 1. The predicted octanol–water partition coefficient (Wildman–Crippen LogP) is 4.09. The number of rotatable bonds is 10. The molecule has 8 nitrogen and oxygen atoms in total. The molecule has 1 aliphatic heterocycles. The molecule has 0 saturated carbocycles. The zero-order valence-electron chi connectivity index (χ0n) is 19.0. The lowest BCUT2D eigenvalue weighted by Gasteiger charge is -2.32. The van der Waals surface area contributed by atoms with Crippen LogP contribution in [-0.4, -0.2) is 61.3 Å². The van der Waals surface area contributed by atoms with Gasteiger partial charge in [0, 0.05) is 31.9 Å². The third-order valence-corrected chi connectivity index (χ3v) is 5.76. The minimum Gasteiger partial charge on any atom is -0.495 e. The molecule has 2 heterocycles. The number of benzene rings is 1. The van der Waals surface area contributed by atoms with Crippen LogP contribution >= 0.6 is 11.6 Å². The molecular formula is C22H34ClN7O. The summed E-state index contributed by atoms with van der Waals surface area (Å²) in [7, 11) is 3.68. The van der Waals surface area contributed by atoms with Crippen molar-refractivity contribution in [3.63, 3.8) is 0 Å². The molecular weight excluding hydrogens is 414 g/mol. The van der Waals surface area contributed by atoms with Gasteiger partial charge in [0.1, 0.15) is 5.75 Å². The second-order valence-electron chi connectivity index (χ2n) is 7.81. The monoisotopic (exact) mass is 447 g/mol. The third-order valence-electron chi connectivity index (χ3n) is 5.46. The van der Waals surface area contributed by atoms with Gasteiger partial charge >= 0.3 is 0 Å². The number of hydrogen-bond donors (Lipinski definition) is 2. The fourth-order valence-corrected chi connectivity index (χ4v) is 4.05. The molecule has 0 radical (unpaired) electrons. The summed E-state index contributed by atoms with van der Waals surface area (Å²) >= 11 is 6.30. The standard InChI is InChI=1S/C22H34ClN7O/c1-5-13-30(14-6-2)22-27-20(25-16-7-8-19(31-4)18(23)15-16)26-21(28-22)29(3)17-9-11-24-12-10-17/h7-8,15,17,24H,5-6,9-14H2,1-4H3,(H,25,26,27,28). The van der Waals surface area contributed by atoms with Gasteiger partial charge in [0.25, 0.3) is 0 Å². The van der Waals surface area contributed by atoms with Gasteiger partial charge < -0.3 is 25.2 Å². The summed E-state index contributed by atoms with van der Waals surface area (Å²) in [4.78, 5) is 18.8. The number of methoxy groups -OCH3 is 1. The summed E-state index contributed by atoms with van der Waals surface area (Å²) in [6, 6.07) is 5.95. The van der Waals surface area contributed by atoms with Crippen molar-refractivity contribution in [1.29, 1.82) is 0 Å². The maximum atomic E-state index is 6.30. The van der Waals surface area contributed by atoms with Crippen LogP contribution in [0.1, 0.15) is 39.5 Å². The minimum absolute atomic E-state index is 0.408. The first-order valence-electron chi connectivity index (χ1n) is 11.1. The molecule has 3 rings (SSSR count). The molecule has 1 aromatic heterocycles. The lowest BCUT2D eigenvalue weighted by atomic mass is 10.1. The van der Waals surface area contributed by atoms with E-state index in [-0.39, 0.29) is 0 Å². The minimum atomic E-state index is 0.408. The van der Waals surface area contributed by atoms with Gasteiger partial charge in [-0.25, -0.2) is 0 Å². The quantitative estimate of drug-likeness (QED) is 0.563. The Bertz CT molecular complexity index is 839. The first-order valence-corrected chi connectivity index (χ1v) is 11.5. The van der Waals surface area contributed by atoms with E-state index in [1.54, 1.807) is 7.11 Å². The average molecular weight is 448 g/mol. The Morgan fingerprint density at radius 2 is 1.77 bits per heavy atom. The van der Waals surface area contributed by atoms with E-state index < -0.39 is 0 Å². The van der Waals surface area contributed by atoms with E-state index in [1.807, 2.05) is 18.2 Å². The fourth-order valence-electron chi connectivity index (χ4n) is 3.79. The Kier molecular flexibility index (Phi) is 8.54. The lowest BCUT2D eigenvalue weighted by molar-refractivity contribution is 0.415. The van der Waals surface area contributed by atoms with Gasteiger partial charge in [-0.1, -0.05) is 25.4 Å². The van der Waals surface area contributed by atoms with Crippen molar-refractivity contribution < 1.29 is 4.74 Å². The number of hydrogen-bond acceptors (Lipinski definition) is 8. The molecule has 1 fully saturated rings. The van der Waals surface area contributed by atoms with E-state index in [1.165, 1.54) is 0 Å². The zero-order chi connectivity index (χ0) is 22.2. The molecule has 0 amide bonds. The highest BCUT2D eigenvalue weighted by molar-refractivity contribution is 6.32. The van der Waals surface area contributed by atoms with Gasteiger partial charge in [-0.15, -0.1) is 0 Å². The van der Waals surface area contributed by atoms with E-state index >= 15 is 0 Å². The van der Waals surface area contributed by atoms with Crippen LogP contribution in [-0.2, 0) is 0 Å². The molecule has 9 heteroatoms. The summed E-state index contributed by atoms with van der Waals surface area (Å²) in [6.07, 6.45) is 4.20. The van der Waals surface area contributed by atoms with Gasteiger partial charge in [-0.2, -0.15) is 15.0 Å². The SMILES string of the molecule is CCCN(CCC)c1nc(Nc2ccc(OC)c(Cl)c2)nc(N(C)C2CCNCC2)n1. The normalized spacial score (nSPS) is 14.4. The van der Waals surface area contributed by atoms with Crippen LogP contribution in [0.3, 0.4) is 0 Å². The number of anilines is 4. The van der Waals surface area contributed by atoms with Crippen LogP contribution in [0, 0.1) is 0 Å². The molecule has 2 N–H and O–H groups in total. The number of nitrogens with one attached hydrogen (secondary N) is 2. The van der Waals surface area contributed by atoms with Crippen LogP contribution in [0.4, 0.5) is 23.5 Å². The second-order valence-corrected chi connectivity index (χ2v) is 8.22. The zero-order valence-corrected chi connectivity index (χ0v) is 19.7. The molecule has 2 aromatic rings. The fraction of sp³-hybridized carbons (Fsp3) is 0.591. The van der Waals surface area contributed by atoms with Crippen LogP contribution < -0.4 is 25.2 Å². The first-order chi connectivity index (χ1) is 15.0. The Hall–Kier alpha value is -2.32. The highest BCUT2D eigenvalue weighted by Gasteiger charge is 2.22. The summed E-state index contributed by atoms with van der Waals surface area (Å²) in [5.41, 5.74) is 0.802. The van der Waals surface area contributed by atoms with Gasteiger partial charge in [-0.3, -0.25) is 0 Å². The van der Waals surface area contributed by atoms with Crippen LogP contribution in [0.25, 0.3) is 0 Å². The Balaban J connectivity index is 1.94. The van der Waals surface area contributed by atoms with Crippen molar-refractivity contribution in [2.75, 3.05) is 55.5 Å². The van der Waals surface area contributed by atoms with Crippen molar-refractivity contribution in [3.8, 4) is 5.75 Å². The molecule has 1 aromatic carbocycles. The highest BCUT2D eigenvalue weighted by Crippen LogP contribution is 2.29. The predicted molar refractivity (Wildman–Crippen MR) is 128 cm³/mol. The molecule has 0 unspecified atom stereocenters. The Morgan fingerprint density at radius 3 is 2.39 bits per heavy atom. The largest absolute Gasteiger partial charge is 0.495 e. The van der Waals surface area contributed by atoms with Gasteiger partial charge in [0.15, 0.2) is 0 Å². The van der Waals surface area contributed by atoms with E-state index in [2.05, 4.69) is 41.3 Å². The Morgan fingerprint density at radius 1 is 1.10 bits per heavy atom. The number of nitrogens with zero attached hydrogens (tertiary/aromatic N) is 5. The van der Waals surface area contributed by atoms with Crippen LogP contribution in [0.5, 0.6) is 5.75 Å². The summed E-state index contributed by atoms with van der Waals surface area (Å²) in [6.45, 7) is 8.18. The van der Waals surface area contributed by atoms with Crippen LogP contribution in [0.2, 0.25) is 5.02 Å². The second kappa shape index (κ2) is 11.3. The van der Waals surface area contributed by atoms with Crippen molar-refractivity contribution in [2.24, 2.45) is 0 Å². The van der Waals surface area contributed by atoms with E-state index in [9.17, 15) is 0 Å². The molecule has 0 aliphatic carbocycles. The van der Waals surface area contributed by atoms with Gasteiger partial charge in [0.2, 0.25) is 17.8 Å². The molecule has 1 saturated heterocycles. The third kappa shape index (κ3) is 6.11. The van der Waals surface area contributed by atoms with Crippen molar-refractivity contribution in [3.05, 3.63) is 23.2 Å². The lowest BCUT2D eigenvalue weighted by Crippen LogP contribution is -2.42. The van der Waals surface area contributed by atoms with Crippen molar-refractivity contribution >= 4 is 35.1 Å². The number of aromatic nitrogens is 3. The molecule has 1 aliphatic rings. The first kappa shape index (κ1) is 23.3. The van der Waals surface area contributed by atoms with Crippen LogP contribution in [0.15, 0.2) is 18.2 Å². The molecule has 31 heavy (non-hydrogen) atoms. The molecule has 170 valence electrons. The maximum absolute atomic E-state index is 6.30. The molecule has 0 bridgehead atoms. The van der Waals surface area contributed by atoms with Gasteiger partial charge in [0.05, 0.1) is 12.1 Å². The number of halogens is 1. The summed E-state index contributed by atoms with van der Waals surface area (Å²) in [5.74, 6) is 2.54. The number of piperidine rings is 1. The average Bonchev–Trinajstić information content (AvgIpc) is 2.79. The van der Waals surface area contributed by atoms with Crippen molar-refractivity contribution in [1.82, 2.24) is 20.3 Å². The molecule has 0 atom stereocenters. The highest BCUT2D eigenvalue weighted by atomic mass is 35.5. The summed E-state index contributed by atoms with van der Waals surface area (Å²) in [5, 5.41) is 7.26.